The molecular weight excluding hydrogens is 303 g/mol. The van der Waals surface area contributed by atoms with Gasteiger partial charge in [-0.2, -0.15) is 0 Å². The van der Waals surface area contributed by atoms with E-state index in [9.17, 15) is 4.79 Å². The third kappa shape index (κ3) is 2.86. The monoisotopic (exact) mass is 314 g/mol. The molecule has 3 N–H and O–H groups in total. The van der Waals surface area contributed by atoms with Crippen LogP contribution in [-0.2, 0) is 0 Å². The van der Waals surface area contributed by atoms with Crippen molar-refractivity contribution in [2.45, 2.75) is 13.8 Å². The highest BCUT2D eigenvalue weighted by molar-refractivity contribution is 7.14. The predicted octanol–water partition coefficient (Wildman–Crippen LogP) is 4.51. The molecule has 0 bridgehead atoms. The second-order valence-corrected chi connectivity index (χ2v) is 6.17. The number of carbonyl (C=O) groups is 1. The minimum absolute atomic E-state index is 0.265. The van der Waals surface area contributed by atoms with Gasteiger partial charge in [0, 0.05) is 10.6 Å². The zero-order chi connectivity index (χ0) is 14.2. The summed E-state index contributed by atoms with van der Waals surface area (Å²) in [6.45, 7) is 3.71. The first-order valence-corrected chi connectivity index (χ1v) is 7.09. The van der Waals surface area contributed by atoms with Gasteiger partial charge in [-0.05, 0) is 31.5 Å². The molecule has 0 fully saturated rings. The Morgan fingerprint density at radius 1 is 1.32 bits per heavy atom. The van der Waals surface area contributed by atoms with Crippen LogP contribution in [0.15, 0.2) is 18.2 Å². The average molecular weight is 315 g/mol. The number of carbonyl (C=O) groups excluding carboxylic acids is 1. The van der Waals surface area contributed by atoms with Crippen molar-refractivity contribution in [3.63, 3.8) is 0 Å². The molecule has 0 atom stereocenters. The normalized spacial score (nSPS) is 10.5. The quantitative estimate of drug-likeness (QED) is 0.857. The van der Waals surface area contributed by atoms with Crippen molar-refractivity contribution in [1.82, 2.24) is 0 Å². The van der Waals surface area contributed by atoms with Gasteiger partial charge in [0.25, 0.3) is 5.91 Å². The van der Waals surface area contributed by atoms with E-state index in [0.717, 1.165) is 10.4 Å². The number of amides is 1. The van der Waals surface area contributed by atoms with Crippen LogP contribution in [0.4, 0.5) is 11.4 Å². The van der Waals surface area contributed by atoms with Gasteiger partial charge in [-0.15, -0.1) is 11.3 Å². The molecule has 0 spiro atoms. The molecule has 1 aromatic carbocycles. The Morgan fingerprint density at radius 2 is 2.00 bits per heavy atom. The second kappa shape index (κ2) is 5.41. The van der Waals surface area contributed by atoms with Gasteiger partial charge < -0.3 is 11.1 Å². The summed E-state index contributed by atoms with van der Waals surface area (Å²) in [5.41, 5.74) is 7.62. The van der Waals surface area contributed by atoms with E-state index < -0.39 is 0 Å². The fourth-order valence-corrected chi connectivity index (χ4v) is 2.86. The number of nitrogen functional groups attached to an aromatic ring is 1. The Bertz CT molecular complexity index is 633. The predicted molar refractivity (Wildman–Crippen MR) is 82.6 cm³/mol. The summed E-state index contributed by atoms with van der Waals surface area (Å²) in [6.07, 6.45) is 0. The highest BCUT2D eigenvalue weighted by atomic mass is 35.5. The van der Waals surface area contributed by atoms with Gasteiger partial charge in [0.05, 0.1) is 20.6 Å². The van der Waals surface area contributed by atoms with Gasteiger partial charge in [0.2, 0.25) is 0 Å². The Hall–Kier alpha value is -1.23. The Morgan fingerprint density at radius 3 is 2.58 bits per heavy atom. The van der Waals surface area contributed by atoms with E-state index in [1.54, 1.807) is 18.2 Å². The summed E-state index contributed by atoms with van der Waals surface area (Å²) in [6, 6.07) is 5.15. The number of hydrogen-bond acceptors (Lipinski definition) is 3. The fraction of sp³-hybridized carbons (Fsp3) is 0.154. The van der Waals surface area contributed by atoms with Crippen LogP contribution >= 0.6 is 34.5 Å². The number of nitrogens with two attached hydrogens (primary N) is 1. The van der Waals surface area contributed by atoms with Gasteiger partial charge >= 0.3 is 0 Å². The highest BCUT2D eigenvalue weighted by Crippen LogP contribution is 2.34. The first-order valence-electron chi connectivity index (χ1n) is 5.52. The summed E-state index contributed by atoms with van der Waals surface area (Å²) in [7, 11) is 0. The Kier molecular flexibility index (Phi) is 4.04. The van der Waals surface area contributed by atoms with Crippen LogP contribution in [0.2, 0.25) is 10.0 Å². The molecule has 3 nitrogen and oxygen atoms in total. The van der Waals surface area contributed by atoms with E-state index in [-0.39, 0.29) is 5.91 Å². The minimum Gasteiger partial charge on any atom is -0.398 e. The molecule has 0 radical (unpaired) electrons. The van der Waals surface area contributed by atoms with Crippen LogP contribution < -0.4 is 11.1 Å². The third-order valence-electron chi connectivity index (χ3n) is 2.70. The van der Waals surface area contributed by atoms with Crippen LogP contribution in [0.3, 0.4) is 0 Å². The van der Waals surface area contributed by atoms with E-state index in [1.165, 1.54) is 11.3 Å². The summed E-state index contributed by atoms with van der Waals surface area (Å²) in [4.78, 5) is 13.6. The maximum atomic E-state index is 12.1. The molecule has 100 valence electrons. The van der Waals surface area contributed by atoms with Crippen LogP contribution in [0.5, 0.6) is 0 Å². The lowest BCUT2D eigenvalue weighted by molar-refractivity contribution is 0.103. The molecule has 2 aromatic rings. The minimum atomic E-state index is -0.265. The molecule has 1 aromatic heterocycles. The number of anilines is 2. The van der Waals surface area contributed by atoms with E-state index in [4.69, 9.17) is 28.9 Å². The first kappa shape index (κ1) is 14.2. The van der Waals surface area contributed by atoms with Crippen LogP contribution in [-0.4, -0.2) is 5.91 Å². The standard InChI is InChI=1S/C13H12Cl2N2OS/c1-6-3-4-8(14)12(11(6)15)17-13(18)10-5-9(16)7(2)19-10/h3-5H,16H2,1-2H3,(H,17,18). The zero-order valence-corrected chi connectivity index (χ0v) is 12.7. The van der Waals surface area contributed by atoms with E-state index in [0.29, 0.717) is 26.3 Å². The molecule has 1 heterocycles. The first-order chi connectivity index (χ1) is 8.90. The summed E-state index contributed by atoms with van der Waals surface area (Å²) >= 11 is 13.5. The Labute approximate surface area is 125 Å². The molecule has 6 heteroatoms. The third-order valence-corrected chi connectivity index (χ3v) is 4.57. The van der Waals surface area contributed by atoms with Gasteiger partial charge in [-0.1, -0.05) is 29.3 Å². The SMILES string of the molecule is Cc1ccc(Cl)c(NC(=O)c2cc(N)c(C)s2)c1Cl. The van der Waals surface area contributed by atoms with Crippen molar-refractivity contribution in [1.29, 1.82) is 0 Å². The van der Waals surface area contributed by atoms with Crippen molar-refractivity contribution in [3.05, 3.63) is 43.6 Å². The van der Waals surface area contributed by atoms with Crippen LogP contribution in [0.1, 0.15) is 20.1 Å². The van der Waals surface area contributed by atoms with E-state index >= 15 is 0 Å². The fourth-order valence-electron chi connectivity index (χ4n) is 1.55. The zero-order valence-electron chi connectivity index (χ0n) is 10.4. The number of hydrogen-bond donors (Lipinski definition) is 2. The number of halogens is 2. The largest absolute Gasteiger partial charge is 0.398 e. The molecule has 0 saturated heterocycles. The number of nitrogens with one attached hydrogen (secondary N) is 1. The molecule has 19 heavy (non-hydrogen) atoms. The maximum absolute atomic E-state index is 12.1. The number of benzene rings is 1. The number of aryl methyl sites for hydroxylation is 2. The van der Waals surface area contributed by atoms with Crippen molar-refractivity contribution >= 4 is 51.8 Å². The average Bonchev–Trinajstić information content (AvgIpc) is 2.70. The van der Waals surface area contributed by atoms with Crippen molar-refractivity contribution in [2.75, 3.05) is 11.1 Å². The maximum Gasteiger partial charge on any atom is 0.265 e. The van der Waals surface area contributed by atoms with Gasteiger partial charge in [0.15, 0.2) is 0 Å². The van der Waals surface area contributed by atoms with E-state index in [1.807, 2.05) is 13.8 Å². The lowest BCUT2D eigenvalue weighted by atomic mass is 10.2. The molecular formula is C13H12Cl2N2OS. The smallest absolute Gasteiger partial charge is 0.265 e. The highest BCUT2D eigenvalue weighted by Gasteiger charge is 2.15. The topological polar surface area (TPSA) is 55.1 Å². The van der Waals surface area contributed by atoms with Crippen LogP contribution in [0.25, 0.3) is 0 Å². The summed E-state index contributed by atoms with van der Waals surface area (Å²) in [5.74, 6) is -0.265. The molecule has 2 rings (SSSR count). The number of rotatable bonds is 2. The van der Waals surface area contributed by atoms with Crippen molar-refractivity contribution in [2.24, 2.45) is 0 Å². The Balaban J connectivity index is 2.31. The lowest BCUT2D eigenvalue weighted by Crippen LogP contribution is -2.11. The molecule has 0 aliphatic heterocycles. The molecule has 0 aliphatic carbocycles. The van der Waals surface area contributed by atoms with Crippen molar-refractivity contribution in [3.8, 4) is 0 Å². The molecule has 0 aliphatic rings. The van der Waals surface area contributed by atoms with Gasteiger partial charge in [0.1, 0.15) is 0 Å². The second-order valence-electron chi connectivity index (χ2n) is 4.13. The molecule has 0 unspecified atom stereocenters. The number of thiophene rings is 1. The van der Waals surface area contributed by atoms with Gasteiger partial charge in [-0.25, -0.2) is 0 Å². The molecule has 1 amide bonds. The van der Waals surface area contributed by atoms with E-state index in [2.05, 4.69) is 5.32 Å². The van der Waals surface area contributed by atoms with Crippen molar-refractivity contribution < 1.29 is 4.79 Å². The summed E-state index contributed by atoms with van der Waals surface area (Å²) < 4.78 is 0. The van der Waals surface area contributed by atoms with Gasteiger partial charge in [-0.3, -0.25) is 4.79 Å². The van der Waals surface area contributed by atoms with Crippen LogP contribution in [0, 0.1) is 13.8 Å². The lowest BCUT2D eigenvalue weighted by Gasteiger charge is -2.10. The summed E-state index contributed by atoms with van der Waals surface area (Å²) in [5, 5.41) is 3.58. The molecule has 0 saturated carbocycles.